The van der Waals surface area contributed by atoms with Crippen molar-refractivity contribution in [1.29, 1.82) is 0 Å². The van der Waals surface area contributed by atoms with Crippen LogP contribution in [-0.4, -0.2) is 7.11 Å². The highest BCUT2D eigenvalue weighted by molar-refractivity contribution is 14.1. The largest absolute Gasteiger partial charge is 0.494 e. The summed E-state index contributed by atoms with van der Waals surface area (Å²) < 4.78 is 20.0. The second-order valence-electron chi connectivity index (χ2n) is 3.77. The summed E-state index contributed by atoms with van der Waals surface area (Å²) in [6.07, 6.45) is 0. The lowest BCUT2D eigenvalue weighted by molar-refractivity contribution is 0.384. The number of nitrogens with one attached hydrogen (secondary N) is 1. The summed E-state index contributed by atoms with van der Waals surface area (Å²) in [5, 5.41) is 3.22. The molecule has 0 atom stereocenters. The summed E-state index contributed by atoms with van der Waals surface area (Å²) in [5.41, 5.74) is 1.59. The van der Waals surface area contributed by atoms with Gasteiger partial charge in [0, 0.05) is 21.4 Å². The number of benzene rings is 2. The summed E-state index contributed by atoms with van der Waals surface area (Å²) in [4.78, 5) is 0. The van der Waals surface area contributed by atoms with Crippen LogP contribution in [0.15, 0.2) is 42.5 Å². The van der Waals surface area contributed by atoms with Crippen LogP contribution in [0.5, 0.6) is 5.75 Å². The second-order valence-corrected chi connectivity index (χ2v) is 4.93. The summed E-state index contributed by atoms with van der Waals surface area (Å²) >= 11 is 2.24. The summed E-state index contributed by atoms with van der Waals surface area (Å²) in [6.45, 7) is 0.434. The molecule has 0 fully saturated rings. The van der Waals surface area contributed by atoms with E-state index in [1.165, 1.54) is 7.11 Å². The molecule has 4 heteroatoms. The maximum absolute atomic E-state index is 13.9. The average Bonchev–Trinajstić information content (AvgIpc) is 2.39. The van der Waals surface area contributed by atoms with Gasteiger partial charge in [-0.05, 0) is 40.8 Å². The van der Waals surface area contributed by atoms with Crippen molar-refractivity contribution in [2.75, 3.05) is 12.4 Å². The first kappa shape index (κ1) is 13.1. The van der Waals surface area contributed by atoms with E-state index in [4.69, 9.17) is 4.74 Å². The zero-order valence-corrected chi connectivity index (χ0v) is 12.1. The van der Waals surface area contributed by atoms with Gasteiger partial charge in [-0.25, -0.2) is 4.39 Å². The molecule has 0 aromatic heterocycles. The normalized spacial score (nSPS) is 10.2. The monoisotopic (exact) mass is 357 g/mol. The standard InChI is InChI=1S/C14H13FINO/c1-18-13-8-4-5-10(14(13)15)9-17-12-7-3-2-6-11(12)16/h2-8,17H,9H2,1H3. The van der Waals surface area contributed by atoms with E-state index in [1.54, 1.807) is 18.2 Å². The van der Waals surface area contributed by atoms with E-state index in [2.05, 4.69) is 27.9 Å². The minimum Gasteiger partial charge on any atom is -0.494 e. The fraction of sp³-hybridized carbons (Fsp3) is 0.143. The smallest absolute Gasteiger partial charge is 0.170 e. The minimum atomic E-state index is -0.307. The Bertz CT molecular complexity index is 545. The number of hydrogen-bond donors (Lipinski definition) is 1. The number of methoxy groups -OCH3 is 1. The summed E-state index contributed by atoms with van der Waals surface area (Å²) in [5.74, 6) is -0.0319. The topological polar surface area (TPSA) is 21.3 Å². The van der Waals surface area contributed by atoms with Crippen LogP contribution in [0.25, 0.3) is 0 Å². The van der Waals surface area contributed by atoms with Crippen molar-refractivity contribution in [3.8, 4) is 5.75 Å². The lowest BCUT2D eigenvalue weighted by Gasteiger charge is -2.10. The quantitative estimate of drug-likeness (QED) is 0.834. The number of para-hydroxylation sites is 1. The van der Waals surface area contributed by atoms with Crippen molar-refractivity contribution in [2.24, 2.45) is 0 Å². The van der Waals surface area contributed by atoms with Gasteiger partial charge in [0.1, 0.15) is 0 Å². The minimum absolute atomic E-state index is 0.275. The van der Waals surface area contributed by atoms with Gasteiger partial charge < -0.3 is 10.1 Å². The molecule has 1 N–H and O–H groups in total. The highest BCUT2D eigenvalue weighted by Gasteiger charge is 2.08. The Morgan fingerprint density at radius 3 is 2.67 bits per heavy atom. The molecule has 0 aliphatic carbocycles. The van der Waals surface area contributed by atoms with Crippen LogP contribution in [0.3, 0.4) is 0 Å². The molecule has 18 heavy (non-hydrogen) atoms. The fourth-order valence-electron chi connectivity index (χ4n) is 1.65. The van der Waals surface area contributed by atoms with Gasteiger partial charge in [-0.2, -0.15) is 0 Å². The third-order valence-corrected chi connectivity index (χ3v) is 3.55. The van der Waals surface area contributed by atoms with Crippen molar-refractivity contribution in [1.82, 2.24) is 0 Å². The molecule has 0 saturated carbocycles. The molecular weight excluding hydrogens is 344 g/mol. The van der Waals surface area contributed by atoms with Crippen LogP contribution in [-0.2, 0) is 6.54 Å². The predicted molar refractivity (Wildman–Crippen MR) is 79.4 cm³/mol. The van der Waals surface area contributed by atoms with Gasteiger partial charge in [0.25, 0.3) is 0 Å². The highest BCUT2D eigenvalue weighted by Crippen LogP contribution is 2.22. The van der Waals surface area contributed by atoms with Crippen molar-refractivity contribution in [3.05, 3.63) is 57.4 Å². The van der Waals surface area contributed by atoms with Crippen molar-refractivity contribution in [3.63, 3.8) is 0 Å². The van der Waals surface area contributed by atoms with Gasteiger partial charge in [-0.1, -0.05) is 24.3 Å². The molecule has 0 aliphatic rings. The van der Waals surface area contributed by atoms with E-state index in [0.717, 1.165) is 9.26 Å². The molecular formula is C14H13FINO. The molecule has 0 heterocycles. The van der Waals surface area contributed by atoms with Gasteiger partial charge in [0.15, 0.2) is 11.6 Å². The van der Waals surface area contributed by atoms with E-state index in [0.29, 0.717) is 12.1 Å². The lowest BCUT2D eigenvalue weighted by atomic mass is 10.2. The summed E-state index contributed by atoms with van der Waals surface area (Å²) in [7, 11) is 1.47. The molecule has 0 bridgehead atoms. The SMILES string of the molecule is COc1cccc(CNc2ccccc2I)c1F. The first-order valence-corrected chi connectivity index (χ1v) is 6.60. The number of halogens is 2. The highest BCUT2D eigenvalue weighted by atomic mass is 127. The Morgan fingerprint density at radius 1 is 1.17 bits per heavy atom. The van der Waals surface area contributed by atoms with Crippen LogP contribution in [0.4, 0.5) is 10.1 Å². The van der Waals surface area contributed by atoms with Crippen molar-refractivity contribution in [2.45, 2.75) is 6.54 Å². The van der Waals surface area contributed by atoms with Crippen molar-refractivity contribution < 1.29 is 9.13 Å². The van der Waals surface area contributed by atoms with Gasteiger partial charge in [-0.3, -0.25) is 0 Å². The van der Waals surface area contributed by atoms with Gasteiger partial charge in [0.2, 0.25) is 0 Å². The molecule has 2 aromatic carbocycles. The predicted octanol–water partition coefficient (Wildman–Crippen LogP) is 4.05. The van der Waals surface area contributed by atoms with E-state index in [-0.39, 0.29) is 11.6 Å². The molecule has 2 aromatic rings. The summed E-state index contributed by atoms with van der Waals surface area (Å²) in [6, 6.07) is 13.1. The molecule has 94 valence electrons. The van der Waals surface area contributed by atoms with Crippen LogP contribution in [0.1, 0.15) is 5.56 Å². The Balaban J connectivity index is 2.14. The molecule has 0 radical (unpaired) electrons. The van der Waals surface area contributed by atoms with Crippen molar-refractivity contribution >= 4 is 28.3 Å². The third-order valence-electron chi connectivity index (χ3n) is 2.61. The number of ether oxygens (including phenoxy) is 1. The molecule has 2 rings (SSSR count). The van der Waals surface area contributed by atoms with E-state index >= 15 is 0 Å². The van der Waals surface area contributed by atoms with Gasteiger partial charge >= 0.3 is 0 Å². The third kappa shape index (κ3) is 2.93. The van der Waals surface area contributed by atoms with E-state index < -0.39 is 0 Å². The Kier molecular flexibility index (Phi) is 4.41. The number of hydrogen-bond acceptors (Lipinski definition) is 2. The van der Waals surface area contributed by atoms with Gasteiger partial charge in [-0.15, -0.1) is 0 Å². The molecule has 0 aliphatic heterocycles. The second kappa shape index (κ2) is 6.04. The zero-order valence-electron chi connectivity index (χ0n) is 9.91. The first-order chi connectivity index (χ1) is 8.72. The molecule has 0 unspecified atom stereocenters. The van der Waals surface area contributed by atoms with Crippen LogP contribution in [0.2, 0.25) is 0 Å². The van der Waals surface area contributed by atoms with Crippen LogP contribution < -0.4 is 10.1 Å². The molecule has 0 saturated heterocycles. The van der Waals surface area contributed by atoms with Crippen LogP contribution >= 0.6 is 22.6 Å². The van der Waals surface area contributed by atoms with E-state index in [9.17, 15) is 4.39 Å². The molecule has 2 nitrogen and oxygen atoms in total. The molecule has 0 spiro atoms. The first-order valence-electron chi connectivity index (χ1n) is 5.52. The maximum atomic E-state index is 13.9. The van der Waals surface area contributed by atoms with Gasteiger partial charge in [0.05, 0.1) is 7.11 Å². The Morgan fingerprint density at radius 2 is 1.94 bits per heavy atom. The Labute approximate surface area is 119 Å². The maximum Gasteiger partial charge on any atom is 0.170 e. The molecule has 0 amide bonds. The zero-order chi connectivity index (χ0) is 13.0. The lowest BCUT2D eigenvalue weighted by Crippen LogP contribution is -2.04. The van der Waals surface area contributed by atoms with Crippen LogP contribution in [0, 0.1) is 9.39 Å². The fourth-order valence-corrected chi connectivity index (χ4v) is 2.22. The Hall–Kier alpha value is -1.30. The van der Waals surface area contributed by atoms with E-state index in [1.807, 2.05) is 24.3 Å². The number of rotatable bonds is 4. The number of anilines is 1. The average molecular weight is 357 g/mol.